The highest BCUT2D eigenvalue weighted by molar-refractivity contribution is 6.35. The van der Waals surface area contributed by atoms with Crippen molar-refractivity contribution in [1.29, 1.82) is 0 Å². The van der Waals surface area contributed by atoms with Crippen molar-refractivity contribution in [1.82, 2.24) is 10.3 Å². The molecule has 1 aromatic heterocycles. The van der Waals surface area contributed by atoms with Gasteiger partial charge in [-0.05, 0) is 38.5 Å². The Morgan fingerprint density at radius 1 is 1.27 bits per heavy atom. The summed E-state index contributed by atoms with van der Waals surface area (Å²) in [5.74, 6) is -1.15. The fourth-order valence-electron chi connectivity index (χ4n) is 2.93. The molecule has 1 aromatic carbocycles. The summed E-state index contributed by atoms with van der Waals surface area (Å²) in [5, 5.41) is 3.30. The Hall–Kier alpha value is -2.11. The van der Waals surface area contributed by atoms with Gasteiger partial charge >= 0.3 is 0 Å². The summed E-state index contributed by atoms with van der Waals surface area (Å²) in [4.78, 5) is 27.9. The maximum absolute atomic E-state index is 15.2. The van der Waals surface area contributed by atoms with Gasteiger partial charge in [-0.2, -0.15) is 0 Å². The largest absolute Gasteiger partial charge is 0.307 e. The van der Waals surface area contributed by atoms with Crippen LogP contribution in [0.1, 0.15) is 61.3 Å². The Kier molecular flexibility index (Phi) is 7.00. The van der Waals surface area contributed by atoms with Crippen molar-refractivity contribution < 1.29 is 14.0 Å². The maximum atomic E-state index is 15.2. The molecule has 0 bridgehead atoms. The fraction of sp³-hybridized carbons (Fsp3) is 0.350. The van der Waals surface area contributed by atoms with Crippen molar-refractivity contribution in [2.45, 2.75) is 45.7 Å². The zero-order chi connectivity index (χ0) is 19.3. The number of ketones is 2. The lowest BCUT2D eigenvalue weighted by molar-refractivity contribution is -0.117. The Morgan fingerprint density at radius 2 is 2.00 bits per heavy atom. The molecule has 1 N–H and O–H groups in total. The molecule has 2 atom stereocenters. The number of nitrogens with zero attached hydrogens (tertiary/aromatic N) is 1. The number of hydrogen-bond acceptors (Lipinski definition) is 4. The van der Waals surface area contributed by atoms with E-state index in [4.69, 9.17) is 11.6 Å². The molecule has 0 aliphatic carbocycles. The average molecular weight is 377 g/mol. The zero-order valence-corrected chi connectivity index (χ0v) is 15.8. The summed E-state index contributed by atoms with van der Waals surface area (Å²) in [6.07, 6.45) is 2.42. The molecule has 0 amide bonds. The number of aromatic nitrogens is 1. The van der Waals surface area contributed by atoms with Crippen molar-refractivity contribution in [3.8, 4) is 0 Å². The number of halogens is 2. The van der Waals surface area contributed by atoms with Crippen LogP contribution >= 0.6 is 11.6 Å². The summed E-state index contributed by atoms with van der Waals surface area (Å²) in [6, 6.07) is 7.52. The zero-order valence-electron chi connectivity index (χ0n) is 15.1. The predicted octanol–water partition coefficient (Wildman–Crippen LogP) is 4.51. The Balaban J connectivity index is 2.38. The quantitative estimate of drug-likeness (QED) is 0.688. The molecule has 138 valence electrons. The second kappa shape index (κ2) is 9.01. The van der Waals surface area contributed by atoms with Crippen molar-refractivity contribution in [2.75, 3.05) is 0 Å². The SMILES string of the molecule is CC[C@@H](N[C@@H](C)CC(C)=O)c1ccc(Cl)c(C(=O)c2ccccn2)c1F. The highest BCUT2D eigenvalue weighted by Crippen LogP contribution is 2.29. The fourth-order valence-corrected chi connectivity index (χ4v) is 3.16. The van der Waals surface area contributed by atoms with Crippen molar-refractivity contribution in [2.24, 2.45) is 0 Å². The molecular formula is C20H22ClFN2O2. The molecule has 0 aliphatic rings. The number of hydrogen-bond donors (Lipinski definition) is 1. The summed E-state index contributed by atoms with van der Waals surface area (Å²) in [6.45, 7) is 5.30. The number of Topliss-reactive ketones (excluding diaryl/α,β-unsaturated/α-hetero) is 1. The van der Waals surface area contributed by atoms with E-state index < -0.39 is 11.6 Å². The van der Waals surface area contributed by atoms with Crippen LogP contribution in [-0.2, 0) is 4.79 Å². The molecule has 0 saturated carbocycles. The van der Waals surface area contributed by atoms with Gasteiger partial charge in [0.1, 0.15) is 17.3 Å². The highest BCUT2D eigenvalue weighted by atomic mass is 35.5. The molecule has 26 heavy (non-hydrogen) atoms. The van der Waals surface area contributed by atoms with Crippen molar-refractivity contribution >= 4 is 23.2 Å². The van der Waals surface area contributed by atoms with Crippen LogP contribution in [0, 0.1) is 5.82 Å². The van der Waals surface area contributed by atoms with Gasteiger partial charge in [-0.3, -0.25) is 14.6 Å². The molecule has 6 heteroatoms. The van der Waals surface area contributed by atoms with E-state index in [0.717, 1.165) is 0 Å². The van der Waals surface area contributed by atoms with Crippen LogP contribution in [0.15, 0.2) is 36.5 Å². The van der Waals surface area contributed by atoms with Crippen LogP contribution in [-0.4, -0.2) is 22.6 Å². The minimum absolute atomic E-state index is 0.0496. The lowest BCUT2D eigenvalue weighted by Gasteiger charge is -2.23. The second-order valence-electron chi connectivity index (χ2n) is 6.30. The van der Waals surface area contributed by atoms with E-state index in [1.165, 1.54) is 25.3 Å². The van der Waals surface area contributed by atoms with Crippen LogP contribution in [0.4, 0.5) is 4.39 Å². The number of carbonyl (C=O) groups excluding carboxylic acids is 2. The van der Waals surface area contributed by atoms with Gasteiger partial charge in [0.25, 0.3) is 0 Å². The maximum Gasteiger partial charge on any atom is 0.215 e. The summed E-state index contributed by atoms with van der Waals surface area (Å²) < 4.78 is 15.2. The Labute approximate surface area is 157 Å². The molecule has 0 aliphatic heterocycles. The van der Waals surface area contributed by atoms with Crippen LogP contribution in [0.25, 0.3) is 0 Å². The van der Waals surface area contributed by atoms with Gasteiger partial charge in [0.2, 0.25) is 5.78 Å². The first-order valence-corrected chi connectivity index (χ1v) is 8.92. The van der Waals surface area contributed by atoms with E-state index in [1.807, 2.05) is 13.8 Å². The molecule has 1 heterocycles. The van der Waals surface area contributed by atoms with Crippen LogP contribution < -0.4 is 5.32 Å². The van der Waals surface area contributed by atoms with E-state index in [1.54, 1.807) is 18.2 Å². The monoisotopic (exact) mass is 376 g/mol. The predicted molar refractivity (Wildman–Crippen MR) is 100 cm³/mol. The molecule has 4 nitrogen and oxygen atoms in total. The Bertz CT molecular complexity index is 796. The molecular weight excluding hydrogens is 355 g/mol. The van der Waals surface area contributed by atoms with E-state index in [0.29, 0.717) is 18.4 Å². The lowest BCUT2D eigenvalue weighted by Crippen LogP contribution is -2.32. The van der Waals surface area contributed by atoms with Crippen LogP contribution in [0.3, 0.4) is 0 Å². The third-order valence-corrected chi connectivity index (χ3v) is 4.42. The number of nitrogens with one attached hydrogen (secondary N) is 1. The first kappa shape index (κ1) is 20.2. The van der Waals surface area contributed by atoms with E-state index >= 15 is 4.39 Å². The topological polar surface area (TPSA) is 59.1 Å². The molecule has 2 rings (SSSR count). The van der Waals surface area contributed by atoms with Gasteiger partial charge in [-0.1, -0.05) is 30.7 Å². The summed E-state index contributed by atoms with van der Waals surface area (Å²) in [7, 11) is 0. The normalized spacial score (nSPS) is 13.3. The van der Waals surface area contributed by atoms with Crippen LogP contribution in [0.2, 0.25) is 5.02 Å². The minimum Gasteiger partial charge on any atom is -0.307 e. The third-order valence-electron chi connectivity index (χ3n) is 4.11. The van der Waals surface area contributed by atoms with E-state index in [2.05, 4.69) is 10.3 Å². The first-order chi connectivity index (χ1) is 12.3. The van der Waals surface area contributed by atoms with Gasteiger partial charge in [0, 0.05) is 30.3 Å². The second-order valence-corrected chi connectivity index (χ2v) is 6.71. The van der Waals surface area contributed by atoms with Gasteiger partial charge in [-0.25, -0.2) is 4.39 Å². The first-order valence-electron chi connectivity index (χ1n) is 8.54. The van der Waals surface area contributed by atoms with Gasteiger partial charge < -0.3 is 5.32 Å². The van der Waals surface area contributed by atoms with E-state index in [-0.39, 0.29) is 34.1 Å². The summed E-state index contributed by atoms with van der Waals surface area (Å²) in [5.41, 5.74) is 0.310. The van der Waals surface area contributed by atoms with Gasteiger partial charge in [-0.15, -0.1) is 0 Å². The lowest BCUT2D eigenvalue weighted by atomic mass is 9.96. The summed E-state index contributed by atoms with van der Waals surface area (Å²) >= 11 is 6.12. The number of carbonyl (C=O) groups is 2. The molecule has 0 saturated heterocycles. The molecule has 0 unspecified atom stereocenters. The average Bonchev–Trinajstić information content (AvgIpc) is 2.60. The van der Waals surface area contributed by atoms with E-state index in [9.17, 15) is 9.59 Å². The minimum atomic E-state index is -0.650. The van der Waals surface area contributed by atoms with Gasteiger partial charge in [0.15, 0.2) is 0 Å². The van der Waals surface area contributed by atoms with Crippen molar-refractivity contribution in [3.63, 3.8) is 0 Å². The number of pyridine rings is 1. The molecule has 0 radical (unpaired) electrons. The number of benzene rings is 1. The third kappa shape index (κ3) is 4.74. The van der Waals surface area contributed by atoms with Crippen molar-refractivity contribution in [3.05, 3.63) is 64.2 Å². The number of rotatable bonds is 8. The van der Waals surface area contributed by atoms with Gasteiger partial charge in [0.05, 0.1) is 10.6 Å². The molecule has 0 fully saturated rings. The Morgan fingerprint density at radius 3 is 2.58 bits per heavy atom. The standard InChI is InChI=1S/C20H22ClFN2O2/c1-4-16(24-12(2)11-13(3)25)14-8-9-15(21)18(19(14)22)20(26)17-7-5-6-10-23-17/h5-10,12,16,24H,4,11H2,1-3H3/t12-,16+/m0/s1. The highest BCUT2D eigenvalue weighted by Gasteiger charge is 2.25. The van der Waals surface area contributed by atoms with Crippen LogP contribution in [0.5, 0.6) is 0 Å². The smallest absolute Gasteiger partial charge is 0.215 e. The molecule has 0 spiro atoms. The molecule has 2 aromatic rings.